The van der Waals surface area contributed by atoms with Crippen LogP contribution in [0.5, 0.6) is 5.75 Å². The van der Waals surface area contributed by atoms with Gasteiger partial charge >= 0.3 is 6.09 Å². The second-order valence-electron chi connectivity index (χ2n) is 8.32. The number of aliphatic imine (C=N–C) groups is 1. The first kappa shape index (κ1) is 21.9. The summed E-state index contributed by atoms with van der Waals surface area (Å²) < 4.78 is 11.1. The molecule has 0 saturated heterocycles. The van der Waals surface area contributed by atoms with Gasteiger partial charge in [0.1, 0.15) is 11.4 Å². The molecule has 0 radical (unpaired) electrons. The molecular weight excluding hydrogens is 356 g/mol. The van der Waals surface area contributed by atoms with E-state index < -0.39 is 11.7 Å². The lowest BCUT2D eigenvalue weighted by molar-refractivity contribution is 0.0491. The van der Waals surface area contributed by atoms with Crippen LogP contribution in [0.1, 0.15) is 52.6 Å². The highest BCUT2D eigenvalue weighted by Crippen LogP contribution is 2.31. The monoisotopic (exact) mass is 390 g/mol. The molecule has 2 rings (SSSR count). The fourth-order valence-electron chi connectivity index (χ4n) is 2.97. The quantitative estimate of drug-likeness (QED) is 0.531. The van der Waals surface area contributed by atoms with Gasteiger partial charge in [0.25, 0.3) is 0 Å². The Hall–Kier alpha value is -2.44. The lowest BCUT2D eigenvalue weighted by Gasteiger charge is -2.29. The smallest absolute Gasteiger partial charge is 0.407 e. The zero-order valence-electron chi connectivity index (χ0n) is 17.8. The lowest BCUT2D eigenvalue weighted by Crippen LogP contribution is -2.50. The molecule has 156 valence electrons. The summed E-state index contributed by atoms with van der Waals surface area (Å²) >= 11 is 0. The number of fused-ring (bicyclic) bond motifs is 1. The van der Waals surface area contributed by atoms with Crippen LogP contribution in [-0.4, -0.2) is 43.9 Å². The number of nitrogens with one attached hydrogen (secondary N) is 3. The zero-order valence-corrected chi connectivity index (χ0v) is 17.8. The van der Waals surface area contributed by atoms with E-state index in [1.165, 1.54) is 0 Å². The number of para-hydroxylation sites is 1. The van der Waals surface area contributed by atoms with Gasteiger partial charge in [-0.1, -0.05) is 32.0 Å². The van der Waals surface area contributed by atoms with Crippen LogP contribution in [0.3, 0.4) is 0 Å². The first-order chi connectivity index (χ1) is 13.2. The predicted molar refractivity (Wildman–Crippen MR) is 112 cm³/mol. The van der Waals surface area contributed by atoms with Gasteiger partial charge in [-0.05, 0) is 32.8 Å². The third-order valence-electron chi connectivity index (χ3n) is 4.49. The van der Waals surface area contributed by atoms with Crippen molar-refractivity contribution in [1.82, 2.24) is 16.0 Å². The molecule has 1 aliphatic heterocycles. The Bertz CT molecular complexity index is 682. The maximum atomic E-state index is 12.1. The Morgan fingerprint density at radius 2 is 2.04 bits per heavy atom. The van der Waals surface area contributed by atoms with Crippen molar-refractivity contribution in [3.63, 3.8) is 0 Å². The first-order valence-electron chi connectivity index (χ1n) is 9.88. The Morgan fingerprint density at radius 3 is 2.68 bits per heavy atom. The van der Waals surface area contributed by atoms with Crippen molar-refractivity contribution in [2.24, 2.45) is 10.9 Å². The highest BCUT2D eigenvalue weighted by Gasteiger charge is 2.24. The van der Waals surface area contributed by atoms with E-state index in [0.717, 1.165) is 17.7 Å². The minimum Gasteiger partial charge on any atom is -0.493 e. The van der Waals surface area contributed by atoms with E-state index in [9.17, 15) is 4.79 Å². The van der Waals surface area contributed by atoms with Crippen molar-refractivity contribution in [2.45, 2.75) is 58.7 Å². The fraction of sp³-hybridized carbons (Fsp3) is 0.619. The normalized spacial score (nSPS) is 18.0. The van der Waals surface area contributed by atoms with Crippen LogP contribution in [0.25, 0.3) is 0 Å². The molecule has 1 amide bonds. The molecule has 0 saturated carbocycles. The summed E-state index contributed by atoms with van der Waals surface area (Å²) in [5.74, 6) is 1.84. The maximum Gasteiger partial charge on any atom is 0.407 e. The van der Waals surface area contributed by atoms with E-state index in [4.69, 9.17) is 9.47 Å². The Balaban J connectivity index is 1.94. The van der Waals surface area contributed by atoms with Gasteiger partial charge in [-0.15, -0.1) is 0 Å². The summed E-state index contributed by atoms with van der Waals surface area (Å²) in [6.45, 7) is 10.9. The molecule has 0 aliphatic carbocycles. The molecule has 1 aromatic carbocycles. The summed E-state index contributed by atoms with van der Waals surface area (Å²) in [6.07, 6.45) is 0.455. The van der Waals surface area contributed by atoms with E-state index in [2.05, 4.69) is 40.9 Å². The van der Waals surface area contributed by atoms with E-state index in [1.807, 2.05) is 39.0 Å². The van der Waals surface area contributed by atoms with E-state index in [-0.39, 0.29) is 18.0 Å². The van der Waals surface area contributed by atoms with Crippen LogP contribution in [0, 0.1) is 5.92 Å². The van der Waals surface area contributed by atoms with Crippen LogP contribution in [0.15, 0.2) is 29.3 Å². The molecule has 0 aromatic heterocycles. The molecule has 1 heterocycles. The van der Waals surface area contributed by atoms with Crippen LogP contribution < -0.4 is 20.7 Å². The van der Waals surface area contributed by atoms with Gasteiger partial charge in [0.05, 0.1) is 18.7 Å². The molecule has 7 heteroatoms. The Morgan fingerprint density at radius 1 is 1.32 bits per heavy atom. The molecule has 0 fully saturated rings. The van der Waals surface area contributed by atoms with Crippen LogP contribution >= 0.6 is 0 Å². The predicted octanol–water partition coefficient (Wildman–Crippen LogP) is 3.22. The summed E-state index contributed by atoms with van der Waals surface area (Å²) in [7, 11) is 1.74. The van der Waals surface area contributed by atoms with Crippen molar-refractivity contribution in [3.05, 3.63) is 29.8 Å². The van der Waals surface area contributed by atoms with Crippen molar-refractivity contribution in [2.75, 3.05) is 20.2 Å². The van der Waals surface area contributed by atoms with Gasteiger partial charge in [-0.2, -0.15) is 0 Å². The number of hydrogen-bond donors (Lipinski definition) is 3. The largest absolute Gasteiger partial charge is 0.493 e. The fourth-order valence-corrected chi connectivity index (χ4v) is 2.97. The van der Waals surface area contributed by atoms with Gasteiger partial charge in [0.2, 0.25) is 0 Å². The number of alkyl carbamates (subject to hydrolysis) is 1. The molecule has 1 aromatic rings. The third-order valence-corrected chi connectivity index (χ3v) is 4.49. The molecule has 1 aliphatic rings. The van der Waals surface area contributed by atoms with Crippen LogP contribution in [0.2, 0.25) is 0 Å². The lowest BCUT2D eigenvalue weighted by atomic mass is 10.0. The summed E-state index contributed by atoms with van der Waals surface area (Å²) in [5, 5.41) is 9.73. The molecule has 0 spiro atoms. The van der Waals surface area contributed by atoms with Crippen molar-refractivity contribution < 1.29 is 14.3 Å². The van der Waals surface area contributed by atoms with Crippen molar-refractivity contribution >= 4 is 12.1 Å². The average molecular weight is 391 g/mol. The summed E-state index contributed by atoms with van der Waals surface area (Å²) in [5.41, 5.74) is 0.608. The molecule has 28 heavy (non-hydrogen) atoms. The topological polar surface area (TPSA) is 84.0 Å². The third kappa shape index (κ3) is 6.62. The second kappa shape index (κ2) is 9.66. The number of amides is 1. The molecule has 0 bridgehead atoms. The molecular formula is C21H34N4O3. The van der Waals surface area contributed by atoms with Gasteiger partial charge < -0.3 is 25.4 Å². The molecule has 2 unspecified atom stereocenters. The highest BCUT2D eigenvalue weighted by molar-refractivity contribution is 5.80. The van der Waals surface area contributed by atoms with Crippen molar-refractivity contribution in [3.8, 4) is 5.75 Å². The van der Waals surface area contributed by atoms with Gasteiger partial charge in [0.15, 0.2) is 5.96 Å². The minimum atomic E-state index is -0.521. The number of guanidine groups is 1. The Labute approximate surface area is 168 Å². The Kier molecular flexibility index (Phi) is 7.54. The minimum absolute atomic E-state index is 0.0876. The second-order valence-corrected chi connectivity index (χ2v) is 8.32. The molecule has 3 N–H and O–H groups in total. The van der Waals surface area contributed by atoms with E-state index in [0.29, 0.717) is 19.1 Å². The van der Waals surface area contributed by atoms with Gasteiger partial charge in [-0.25, -0.2) is 4.79 Å². The zero-order chi connectivity index (χ0) is 20.7. The number of hydrogen-bond acceptors (Lipinski definition) is 4. The highest BCUT2D eigenvalue weighted by atomic mass is 16.6. The average Bonchev–Trinajstić information content (AvgIpc) is 2.62. The number of nitrogens with zero attached hydrogens (tertiary/aromatic N) is 1. The van der Waals surface area contributed by atoms with Crippen LogP contribution in [0.4, 0.5) is 4.79 Å². The first-order valence-corrected chi connectivity index (χ1v) is 9.88. The summed E-state index contributed by atoms with van der Waals surface area (Å²) in [4.78, 5) is 16.5. The number of rotatable bonds is 5. The van der Waals surface area contributed by atoms with Crippen LogP contribution in [-0.2, 0) is 4.74 Å². The number of ether oxygens (including phenoxy) is 2. The number of carbonyl (C=O) groups is 1. The molecule has 2 atom stereocenters. The van der Waals surface area contributed by atoms with Crippen molar-refractivity contribution in [1.29, 1.82) is 0 Å². The van der Waals surface area contributed by atoms with E-state index >= 15 is 0 Å². The SMILES string of the molecule is CN=C(NCC(NC(=O)OC(C)(C)C)C(C)C)NC1CCOc2ccccc21. The standard InChI is InChI=1S/C21H34N4O3/c1-14(2)17(25-20(26)28-21(3,4)5)13-23-19(22-6)24-16-11-12-27-18-10-8-7-9-15(16)18/h7-10,14,16-17H,11-13H2,1-6H3,(H,25,26)(H2,22,23,24). The molecule has 7 nitrogen and oxygen atoms in total. The maximum absolute atomic E-state index is 12.1. The number of benzene rings is 1. The van der Waals surface area contributed by atoms with E-state index in [1.54, 1.807) is 7.05 Å². The summed E-state index contributed by atoms with van der Waals surface area (Å²) in [6, 6.07) is 8.09. The van der Waals surface area contributed by atoms with Gasteiger partial charge in [-0.3, -0.25) is 4.99 Å². The number of carbonyl (C=O) groups excluding carboxylic acids is 1. The van der Waals surface area contributed by atoms with Gasteiger partial charge in [0, 0.05) is 25.6 Å².